The molecule has 40 heavy (non-hydrogen) atoms. The number of methoxy groups -OCH3 is 1. The van der Waals surface area contributed by atoms with Gasteiger partial charge in [0.25, 0.3) is 10.9 Å². The first-order valence-electron chi connectivity index (χ1n) is 13.4. The Balaban J connectivity index is 1.50. The predicted octanol–water partition coefficient (Wildman–Crippen LogP) is 6.81. The van der Waals surface area contributed by atoms with Crippen molar-refractivity contribution >= 4 is 22.1 Å². The summed E-state index contributed by atoms with van der Waals surface area (Å²) in [5, 5.41) is 9.38. The lowest BCUT2D eigenvalue weighted by Crippen LogP contribution is -2.39. The molecule has 0 saturated heterocycles. The first-order chi connectivity index (χ1) is 19.1. The van der Waals surface area contributed by atoms with Crippen LogP contribution in [-0.4, -0.2) is 12.7 Å². The van der Waals surface area contributed by atoms with Gasteiger partial charge in [-0.3, -0.25) is 14.9 Å². The van der Waals surface area contributed by atoms with Crippen LogP contribution >= 0.6 is 0 Å². The molecule has 5 aromatic carbocycles. The molecule has 2 atom stereocenters. The first kappa shape index (κ1) is 27.2. The fourth-order valence-electron chi connectivity index (χ4n) is 4.98. The molecule has 0 aliphatic heterocycles. The van der Waals surface area contributed by atoms with Crippen LogP contribution in [0.4, 0.5) is 11.4 Å². The van der Waals surface area contributed by atoms with E-state index in [4.69, 9.17) is 9.47 Å². The quantitative estimate of drug-likeness (QED) is 0.203. The maximum Gasteiger partial charge on any atom is 0.272 e. The molecular weight excluding hydrogens is 500 g/mol. The molecule has 0 radical (unpaired) electrons. The molecule has 5 rings (SSSR count). The summed E-state index contributed by atoms with van der Waals surface area (Å²) in [5.41, 5.74) is 2.39. The Morgan fingerprint density at radius 1 is 0.775 bits per heavy atom. The third-order valence-electron chi connectivity index (χ3n) is 6.92. The van der Waals surface area contributed by atoms with E-state index in [0.29, 0.717) is 5.69 Å². The molecule has 0 saturated carbocycles. The van der Waals surface area contributed by atoms with Crippen molar-refractivity contribution in [2.75, 3.05) is 12.4 Å². The highest BCUT2D eigenvalue weighted by Gasteiger charge is 2.27. The molecule has 0 bridgehead atoms. The van der Waals surface area contributed by atoms with Crippen molar-refractivity contribution in [3.05, 3.63) is 128 Å². The van der Waals surface area contributed by atoms with Gasteiger partial charge in [0.05, 0.1) is 13.2 Å². The summed E-state index contributed by atoms with van der Waals surface area (Å²) >= 11 is 0. The molecule has 0 spiro atoms. The minimum absolute atomic E-state index is 0.0233. The fourth-order valence-corrected chi connectivity index (χ4v) is 4.98. The number of hydrogen-bond acceptors (Lipinski definition) is 6. The van der Waals surface area contributed by atoms with Gasteiger partial charge >= 0.3 is 0 Å². The molecule has 6 nitrogen and oxygen atoms in total. The summed E-state index contributed by atoms with van der Waals surface area (Å²) in [7, 11) is 1.65. The summed E-state index contributed by atoms with van der Waals surface area (Å²) in [4.78, 5) is 24.6. The van der Waals surface area contributed by atoms with Crippen molar-refractivity contribution < 1.29 is 9.47 Å². The molecule has 5 aromatic rings. The SMILES string of the molecule is COc1ccc(C(N[C@H](C)c2cccc3ccccc23)c2cccc(Nc3c(OC(C)(C)C)c(=O)c3=O)c2)cc1. The lowest BCUT2D eigenvalue weighted by atomic mass is 9.94. The number of benzene rings is 4. The van der Waals surface area contributed by atoms with E-state index in [2.05, 4.69) is 78.2 Å². The molecule has 6 heteroatoms. The maximum absolute atomic E-state index is 12.4. The Morgan fingerprint density at radius 2 is 1.48 bits per heavy atom. The summed E-state index contributed by atoms with van der Waals surface area (Å²) in [6.07, 6.45) is 0. The molecule has 0 aliphatic carbocycles. The number of fused-ring (bicyclic) bond motifs is 1. The second kappa shape index (κ2) is 11.0. The second-order valence-electron chi connectivity index (χ2n) is 11.0. The van der Waals surface area contributed by atoms with Crippen LogP contribution in [0.3, 0.4) is 0 Å². The van der Waals surface area contributed by atoms with Crippen molar-refractivity contribution in [2.24, 2.45) is 0 Å². The summed E-state index contributed by atoms with van der Waals surface area (Å²) in [6, 6.07) is 30.5. The second-order valence-corrected chi connectivity index (χ2v) is 11.0. The van der Waals surface area contributed by atoms with E-state index in [1.54, 1.807) is 7.11 Å². The van der Waals surface area contributed by atoms with Gasteiger partial charge in [0.1, 0.15) is 17.0 Å². The van der Waals surface area contributed by atoms with Gasteiger partial charge in [0.15, 0.2) is 5.75 Å². The summed E-state index contributed by atoms with van der Waals surface area (Å²) in [6.45, 7) is 7.70. The van der Waals surface area contributed by atoms with Crippen molar-refractivity contribution in [1.29, 1.82) is 0 Å². The highest BCUT2D eigenvalue weighted by molar-refractivity contribution is 5.86. The Morgan fingerprint density at radius 3 is 2.20 bits per heavy atom. The maximum atomic E-state index is 12.4. The monoisotopic (exact) mass is 534 g/mol. The van der Waals surface area contributed by atoms with Gasteiger partial charge in [-0.25, -0.2) is 0 Å². The first-order valence-corrected chi connectivity index (χ1v) is 13.4. The largest absolute Gasteiger partial charge is 0.497 e. The summed E-state index contributed by atoms with van der Waals surface area (Å²) in [5.74, 6) is 0.865. The van der Waals surface area contributed by atoms with Gasteiger partial charge in [0.2, 0.25) is 0 Å². The molecular formula is C34H34N2O4. The highest BCUT2D eigenvalue weighted by Crippen LogP contribution is 2.33. The zero-order valence-corrected chi connectivity index (χ0v) is 23.4. The molecule has 0 fully saturated rings. The third-order valence-corrected chi connectivity index (χ3v) is 6.92. The lowest BCUT2D eigenvalue weighted by molar-refractivity contribution is 0.128. The Hall–Kier alpha value is -4.42. The standard InChI is InChI=1S/C34H34N2O4/c1-21(27-15-9-11-22-10-6-7-14-28(22)27)35-29(23-16-18-26(39-5)19-17-23)24-12-8-13-25(20-24)36-30-31(37)32(38)33(30)40-34(2,3)4/h6-21,29,35-36H,1-5H3/t21-,29?/m1/s1. The average molecular weight is 535 g/mol. The molecule has 0 aromatic heterocycles. The molecule has 0 amide bonds. The highest BCUT2D eigenvalue weighted by atomic mass is 16.5. The van der Waals surface area contributed by atoms with Crippen molar-refractivity contribution in [3.63, 3.8) is 0 Å². The Bertz CT molecular complexity index is 1700. The number of ether oxygens (including phenoxy) is 2. The van der Waals surface area contributed by atoms with E-state index in [0.717, 1.165) is 16.9 Å². The van der Waals surface area contributed by atoms with Gasteiger partial charge in [0, 0.05) is 11.7 Å². The number of nitrogens with one attached hydrogen (secondary N) is 2. The van der Waals surface area contributed by atoms with Gasteiger partial charge in [-0.05, 0) is 79.4 Å². The molecule has 0 heterocycles. The van der Waals surface area contributed by atoms with E-state index in [-0.39, 0.29) is 23.5 Å². The molecule has 204 valence electrons. The summed E-state index contributed by atoms with van der Waals surface area (Å²) < 4.78 is 11.2. The average Bonchev–Trinajstić information content (AvgIpc) is 2.96. The molecule has 1 unspecified atom stereocenters. The Labute approximate surface area is 234 Å². The minimum Gasteiger partial charge on any atom is -0.497 e. The van der Waals surface area contributed by atoms with Crippen LogP contribution in [-0.2, 0) is 0 Å². The normalized spacial score (nSPS) is 13.2. The van der Waals surface area contributed by atoms with Gasteiger partial charge in [-0.15, -0.1) is 0 Å². The minimum atomic E-state index is -0.602. The van der Waals surface area contributed by atoms with Crippen molar-refractivity contribution in [2.45, 2.75) is 45.4 Å². The zero-order valence-electron chi connectivity index (χ0n) is 23.4. The van der Waals surface area contributed by atoms with E-state index in [1.165, 1.54) is 16.3 Å². The van der Waals surface area contributed by atoms with Crippen LogP contribution in [0.15, 0.2) is 101 Å². The van der Waals surface area contributed by atoms with Gasteiger partial charge in [-0.2, -0.15) is 0 Å². The van der Waals surface area contributed by atoms with Crippen LogP contribution in [0.25, 0.3) is 10.8 Å². The topological polar surface area (TPSA) is 76.7 Å². The fraction of sp³-hybridized carbons (Fsp3) is 0.235. The number of anilines is 2. The van der Waals surface area contributed by atoms with E-state index >= 15 is 0 Å². The lowest BCUT2D eigenvalue weighted by Gasteiger charge is -2.27. The predicted molar refractivity (Wildman–Crippen MR) is 162 cm³/mol. The van der Waals surface area contributed by atoms with Crippen molar-refractivity contribution in [1.82, 2.24) is 5.32 Å². The van der Waals surface area contributed by atoms with Gasteiger partial charge in [-0.1, -0.05) is 66.7 Å². The van der Waals surface area contributed by atoms with E-state index in [1.807, 2.05) is 51.1 Å². The van der Waals surface area contributed by atoms with Crippen LogP contribution in [0.5, 0.6) is 11.5 Å². The number of rotatable bonds is 9. The van der Waals surface area contributed by atoms with E-state index in [9.17, 15) is 9.59 Å². The van der Waals surface area contributed by atoms with E-state index < -0.39 is 16.5 Å². The van der Waals surface area contributed by atoms with Crippen LogP contribution in [0.2, 0.25) is 0 Å². The van der Waals surface area contributed by atoms with Crippen molar-refractivity contribution in [3.8, 4) is 11.5 Å². The smallest absolute Gasteiger partial charge is 0.272 e. The van der Waals surface area contributed by atoms with Gasteiger partial charge < -0.3 is 14.8 Å². The van der Waals surface area contributed by atoms with Crippen LogP contribution < -0.4 is 31.0 Å². The third kappa shape index (κ3) is 5.63. The zero-order chi connectivity index (χ0) is 28.4. The van der Waals surface area contributed by atoms with Crippen LogP contribution in [0, 0.1) is 0 Å². The number of hydrogen-bond donors (Lipinski definition) is 2. The molecule has 2 N–H and O–H groups in total. The molecule has 0 aliphatic rings. The van der Waals surface area contributed by atoms with Crippen LogP contribution in [0.1, 0.15) is 56.5 Å². The Kier molecular flexibility index (Phi) is 7.46.